The van der Waals surface area contributed by atoms with E-state index in [4.69, 9.17) is 5.26 Å². The molecule has 0 saturated carbocycles. The highest BCUT2D eigenvalue weighted by Gasteiger charge is 2.12. The molecule has 1 atom stereocenters. The van der Waals surface area contributed by atoms with E-state index in [-0.39, 0.29) is 6.04 Å². The van der Waals surface area contributed by atoms with Gasteiger partial charge in [-0.2, -0.15) is 5.26 Å². The van der Waals surface area contributed by atoms with Crippen molar-refractivity contribution in [3.63, 3.8) is 0 Å². The topological polar surface area (TPSA) is 39.1 Å². The predicted molar refractivity (Wildman–Crippen MR) is 77.7 cm³/mol. The molecule has 102 valence electrons. The normalized spacial score (nSPS) is 17.8. The van der Waals surface area contributed by atoms with Crippen LogP contribution in [0.3, 0.4) is 0 Å². The maximum atomic E-state index is 8.95. The Morgan fingerprint density at radius 1 is 1.16 bits per heavy atom. The van der Waals surface area contributed by atoms with Gasteiger partial charge in [0.15, 0.2) is 0 Å². The van der Waals surface area contributed by atoms with Gasteiger partial charge in [-0.15, -0.1) is 0 Å². The highest BCUT2D eigenvalue weighted by atomic mass is 15.1. The minimum atomic E-state index is 0.163. The van der Waals surface area contributed by atoms with Crippen LogP contribution in [0, 0.1) is 11.3 Å². The number of benzene rings is 1. The summed E-state index contributed by atoms with van der Waals surface area (Å²) in [4.78, 5) is 2.52. The number of nitrogens with one attached hydrogen (secondary N) is 1. The van der Waals surface area contributed by atoms with Crippen molar-refractivity contribution in [1.29, 1.82) is 5.26 Å². The molecule has 0 aliphatic carbocycles. The summed E-state index contributed by atoms with van der Waals surface area (Å²) >= 11 is 0. The Morgan fingerprint density at radius 3 is 2.58 bits per heavy atom. The van der Waals surface area contributed by atoms with Gasteiger partial charge >= 0.3 is 0 Å². The van der Waals surface area contributed by atoms with Gasteiger partial charge in [-0.3, -0.25) is 0 Å². The van der Waals surface area contributed by atoms with Crippen LogP contribution < -0.4 is 5.32 Å². The van der Waals surface area contributed by atoms with Gasteiger partial charge in [-0.05, 0) is 31.5 Å². The molecule has 0 bridgehead atoms. The molecule has 1 aromatic carbocycles. The van der Waals surface area contributed by atoms with E-state index in [1.54, 1.807) is 0 Å². The van der Waals surface area contributed by atoms with Crippen molar-refractivity contribution in [2.45, 2.75) is 31.7 Å². The molecule has 1 fully saturated rings. The van der Waals surface area contributed by atoms with Crippen molar-refractivity contribution in [3.8, 4) is 6.07 Å². The molecular formula is C16H23N3. The summed E-state index contributed by atoms with van der Waals surface area (Å²) < 4.78 is 0. The first kappa shape index (κ1) is 14.0. The Morgan fingerprint density at radius 2 is 1.89 bits per heavy atom. The van der Waals surface area contributed by atoms with E-state index in [1.165, 1.54) is 37.9 Å². The van der Waals surface area contributed by atoms with Gasteiger partial charge in [0.25, 0.3) is 0 Å². The summed E-state index contributed by atoms with van der Waals surface area (Å²) in [6.45, 7) is 4.52. The van der Waals surface area contributed by atoms with Crippen LogP contribution in [0.15, 0.2) is 30.3 Å². The lowest BCUT2D eigenvalue weighted by Crippen LogP contribution is -2.36. The lowest BCUT2D eigenvalue weighted by Gasteiger charge is -2.27. The highest BCUT2D eigenvalue weighted by molar-refractivity contribution is 5.19. The molecule has 19 heavy (non-hydrogen) atoms. The lowest BCUT2D eigenvalue weighted by atomic mass is 10.0. The third kappa shape index (κ3) is 4.66. The zero-order valence-electron chi connectivity index (χ0n) is 11.5. The second kappa shape index (κ2) is 7.93. The maximum absolute atomic E-state index is 8.95. The van der Waals surface area contributed by atoms with Crippen LogP contribution in [0.2, 0.25) is 0 Å². The minimum absolute atomic E-state index is 0.163. The Hall–Kier alpha value is -1.37. The first-order valence-electron chi connectivity index (χ1n) is 7.28. The molecule has 0 aromatic heterocycles. The summed E-state index contributed by atoms with van der Waals surface area (Å²) in [5.74, 6) is 0. The summed E-state index contributed by atoms with van der Waals surface area (Å²) in [5, 5.41) is 12.5. The van der Waals surface area contributed by atoms with Crippen LogP contribution in [0.4, 0.5) is 0 Å². The van der Waals surface area contributed by atoms with E-state index in [0.29, 0.717) is 6.42 Å². The number of hydrogen-bond acceptors (Lipinski definition) is 3. The Balaban J connectivity index is 1.79. The molecule has 1 aliphatic rings. The summed E-state index contributed by atoms with van der Waals surface area (Å²) in [6, 6.07) is 12.7. The molecule has 3 heteroatoms. The number of hydrogen-bond donors (Lipinski definition) is 1. The summed E-state index contributed by atoms with van der Waals surface area (Å²) in [5.41, 5.74) is 1.21. The van der Waals surface area contributed by atoms with Gasteiger partial charge < -0.3 is 10.2 Å². The second-order valence-corrected chi connectivity index (χ2v) is 5.18. The van der Waals surface area contributed by atoms with Crippen LogP contribution in [0.25, 0.3) is 0 Å². The molecule has 1 N–H and O–H groups in total. The summed E-state index contributed by atoms with van der Waals surface area (Å²) in [7, 11) is 0. The van der Waals surface area contributed by atoms with Crippen LogP contribution in [-0.2, 0) is 0 Å². The fourth-order valence-electron chi connectivity index (χ4n) is 2.66. The van der Waals surface area contributed by atoms with Gasteiger partial charge in [0.2, 0.25) is 0 Å². The van der Waals surface area contributed by atoms with Crippen LogP contribution in [-0.4, -0.2) is 31.1 Å². The molecule has 1 heterocycles. The zero-order chi connectivity index (χ0) is 13.3. The average molecular weight is 257 g/mol. The largest absolute Gasteiger partial charge is 0.308 e. The van der Waals surface area contributed by atoms with E-state index in [9.17, 15) is 0 Å². The number of likely N-dealkylation sites (tertiary alicyclic amines) is 1. The van der Waals surface area contributed by atoms with Gasteiger partial charge in [0, 0.05) is 19.1 Å². The van der Waals surface area contributed by atoms with E-state index in [2.05, 4.69) is 28.4 Å². The van der Waals surface area contributed by atoms with Crippen molar-refractivity contribution in [2.24, 2.45) is 0 Å². The number of piperidine rings is 1. The van der Waals surface area contributed by atoms with Crippen molar-refractivity contribution in [3.05, 3.63) is 35.9 Å². The average Bonchev–Trinajstić information content (AvgIpc) is 2.48. The van der Waals surface area contributed by atoms with Gasteiger partial charge in [0.1, 0.15) is 0 Å². The standard InChI is InChI=1S/C16H23N3/c17-10-9-16(15-7-3-1-4-8-15)18-11-14-19-12-5-2-6-13-19/h1,3-4,7-8,16,18H,2,5-6,9,11-14H2. The Bertz CT molecular complexity index is 390. The smallest absolute Gasteiger partial charge is 0.0641 e. The van der Waals surface area contributed by atoms with Crippen molar-refractivity contribution in [2.75, 3.05) is 26.2 Å². The number of nitriles is 1. The van der Waals surface area contributed by atoms with Crippen molar-refractivity contribution in [1.82, 2.24) is 10.2 Å². The number of nitrogens with zero attached hydrogens (tertiary/aromatic N) is 2. The maximum Gasteiger partial charge on any atom is 0.0641 e. The molecule has 0 spiro atoms. The van der Waals surface area contributed by atoms with E-state index in [0.717, 1.165) is 13.1 Å². The van der Waals surface area contributed by atoms with Crippen LogP contribution >= 0.6 is 0 Å². The van der Waals surface area contributed by atoms with Crippen molar-refractivity contribution >= 4 is 0 Å². The minimum Gasteiger partial charge on any atom is -0.308 e. The third-order valence-electron chi connectivity index (χ3n) is 3.76. The predicted octanol–water partition coefficient (Wildman–Crippen LogP) is 2.72. The Labute approximate surface area is 116 Å². The van der Waals surface area contributed by atoms with Crippen LogP contribution in [0.5, 0.6) is 0 Å². The summed E-state index contributed by atoms with van der Waals surface area (Å²) in [6.07, 6.45) is 4.58. The molecule has 0 amide bonds. The molecule has 1 saturated heterocycles. The van der Waals surface area contributed by atoms with E-state index < -0.39 is 0 Å². The van der Waals surface area contributed by atoms with E-state index in [1.807, 2.05) is 18.2 Å². The van der Waals surface area contributed by atoms with Crippen LogP contribution in [0.1, 0.15) is 37.3 Å². The van der Waals surface area contributed by atoms with Crippen molar-refractivity contribution < 1.29 is 0 Å². The monoisotopic (exact) mass is 257 g/mol. The fourth-order valence-corrected chi connectivity index (χ4v) is 2.66. The van der Waals surface area contributed by atoms with Gasteiger partial charge in [-0.25, -0.2) is 0 Å². The quantitative estimate of drug-likeness (QED) is 0.851. The van der Waals surface area contributed by atoms with Gasteiger partial charge in [-0.1, -0.05) is 36.8 Å². The molecule has 2 rings (SSSR count). The fraction of sp³-hybridized carbons (Fsp3) is 0.562. The molecule has 1 aliphatic heterocycles. The molecule has 1 aromatic rings. The molecule has 0 radical (unpaired) electrons. The Kier molecular flexibility index (Phi) is 5.87. The number of rotatable bonds is 6. The molecular weight excluding hydrogens is 234 g/mol. The van der Waals surface area contributed by atoms with Gasteiger partial charge in [0.05, 0.1) is 12.5 Å². The zero-order valence-corrected chi connectivity index (χ0v) is 11.5. The second-order valence-electron chi connectivity index (χ2n) is 5.18. The highest BCUT2D eigenvalue weighted by Crippen LogP contribution is 2.15. The molecule has 1 unspecified atom stereocenters. The SMILES string of the molecule is N#CCC(NCCN1CCCCC1)c1ccccc1. The first-order valence-corrected chi connectivity index (χ1v) is 7.28. The lowest BCUT2D eigenvalue weighted by molar-refractivity contribution is 0.226. The molecule has 3 nitrogen and oxygen atoms in total. The third-order valence-corrected chi connectivity index (χ3v) is 3.76. The van der Waals surface area contributed by atoms with E-state index >= 15 is 0 Å². The first-order chi connectivity index (χ1) is 9.40.